The van der Waals surface area contributed by atoms with E-state index in [4.69, 9.17) is 4.74 Å². The number of aromatic nitrogens is 4. The summed E-state index contributed by atoms with van der Waals surface area (Å²) >= 11 is 0. The van der Waals surface area contributed by atoms with Crippen molar-refractivity contribution in [2.75, 3.05) is 31.1 Å². The normalized spacial score (nSPS) is 16.7. The predicted molar refractivity (Wildman–Crippen MR) is 122 cm³/mol. The summed E-state index contributed by atoms with van der Waals surface area (Å²) < 4.78 is 37.3. The van der Waals surface area contributed by atoms with Gasteiger partial charge in [-0.25, -0.2) is 23.7 Å². The van der Waals surface area contributed by atoms with Gasteiger partial charge in [-0.1, -0.05) is 0 Å². The maximum atomic E-state index is 14.9. The van der Waals surface area contributed by atoms with Crippen molar-refractivity contribution in [1.82, 2.24) is 24.8 Å². The summed E-state index contributed by atoms with van der Waals surface area (Å²) in [5.41, 5.74) is 1.88. The first kappa shape index (κ1) is 21.8. The Kier molecular flexibility index (Phi) is 5.97. The number of nitrogens with one attached hydrogen (secondary N) is 1. The van der Waals surface area contributed by atoms with Crippen LogP contribution < -0.4 is 15.0 Å². The third-order valence-corrected chi connectivity index (χ3v) is 6.33. The summed E-state index contributed by atoms with van der Waals surface area (Å²) in [6.45, 7) is 7.12. The van der Waals surface area contributed by atoms with Crippen molar-refractivity contribution in [3.8, 4) is 17.0 Å². The molecule has 0 unspecified atom stereocenters. The van der Waals surface area contributed by atoms with Gasteiger partial charge in [-0.05, 0) is 51.9 Å². The highest BCUT2D eigenvalue weighted by molar-refractivity contribution is 5.72. The molecular formula is C24H28F2N6O. The van der Waals surface area contributed by atoms with Gasteiger partial charge < -0.3 is 19.5 Å². The minimum atomic E-state index is -0.592. The number of piperidine rings is 1. The Hall–Kier alpha value is -3.07. The molecule has 2 aliphatic heterocycles. The van der Waals surface area contributed by atoms with Crippen molar-refractivity contribution in [1.29, 1.82) is 0 Å². The fourth-order valence-electron chi connectivity index (χ4n) is 4.60. The molecule has 2 aromatic heterocycles. The molecule has 4 heterocycles. The Balaban J connectivity index is 1.43. The summed E-state index contributed by atoms with van der Waals surface area (Å²) in [7, 11) is 0. The van der Waals surface area contributed by atoms with E-state index in [-0.39, 0.29) is 17.5 Å². The van der Waals surface area contributed by atoms with Crippen LogP contribution in [0.15, 0.2) is 30.9 Å². The third-order valence-electron chi connectivity index (χ3n) is 6.33. The lowest BCUT2D eigenvalue weighted by atomic mass is 10.1. The Bertz CT molecular complexity index is 1140. The zero-order valence-corrected chi connectivity index (χ0v) is 18.9. The summed E-state index contributed by atoms with van der Waals surface area (Å²) in [4.78, 5) is 15.2. The number of imidazole rings is 1. The van der Waals surface area contributed by atoms with Gasteiger partial charge in [-0.15, -0.1) is 0 Å². The average Bonchev–Trinajstić information content (AvgIpc) is 3.29. The minimum Gasteiger partial charge on any atom is -0.486 e. The van der Waals surface area contributed by atoms with E-state index in [1.807, 2.05) is 26.4 Å². The maximum absolute atomic E-state index is 14.9. The lowest BCUT2D eigenvalue weighted by molar-refractivity contribution is 0.287. The Morgan fingerprint density at radius 1 is 1.15 bits per heavy atom. The van der Waals surface area contributed by atoms with E-state index >= 15 is 0 Å². The molecule has 0 bridgehead atoms. The SMILES string of the molecule is CC(C)N1CCOc2c(F)cc(-c3nc(Cc4cn(C5CCNCC5)cn4)ncc3F)cc21. The van der Waals surface area contributed by atoms with Gasteiger partial charge in [0.2, 0.25) is 0 Å². The van der Waals surface area contributed by atoms with E-state index in [9.17, 15) is 8.78 Å². The van der Waals surface area contributed by atoms with Crippen LogP contribution in [0.25, 0.3) is 11.3 Å². The molecule has 174 valence electrons. The lowest BCUT2D eigenvalue weighted by Gasteiger charge is -2.34. The first-order valence-electron chi connectivity index (χ1n) is 11.5. The fraction of sp³-hybridized carbons (Fsp3) is 0.458. The van der Waals surface area contributed by atoms with Gasteiger partial charge in [0.05, 0.1) is 36.9 Å². The van der Waals surface area contributed by atoms with Crippen LogP contribution in [0.1, 0.15) is 44.2 Å². The van der Waals surface area contributed by atoms with Crippen molar-refractivity contribution in [2.45, 2.75) is 45.2 Å². The van der Waals surface area contributed by atoms with Gasteiger partial charge in [0.1, 0.15) is 18.1 Å². The molecule has 1 saturated heterocycles. The van der Waals surface area contributed by atoms with Crippen LogP contribution in [-0.2, 0) is 6.42 Å². The van der Waals surface area contributed by atoms with Gasteiger partial charge in [-0.3, -0.25) is 0 Å². The summed E-state index contributed by atoms with van der Waals surface area (Å²) in [5.74, 6) is -0.465. The molecule has 9 heteroatoms. The van der Waals surface area contributed by atoms with Crippen molar-refractivity contribution in [2.24, 2.45) is 0 Å². The van der Waals surface area contributed by atoms with Gasteiger partial charge in [-0.2, -0.15) is 0 Å². The lowest BCUT2D eigenvalue weighted by Crippen LogP contribution is -2.38. The van der Waals surface area contributed by atoms with Crippen LogP contribution in [0.2, 0.25) is 0 Å². The monoisotopic (exact) mass is 454 g/mol. The molecule has 1 fully saturated rings. The van der Waals surface area contributed by atoms with E-state index in [2.05, 4.69) is 29.7 Å². The smallest absolute Gasteiger partial charge is 0.178 e. The second kappa shape index (κ2) is 9.05. The van der Waals surface area contributed by atoms with Gasteiger partial charge in [0.25, 0.3) is 0 Å². The first-order valence-corrected chi connectivity index (χ1v) is 11.5. The molecule has 0 aliphatic carbocycles. The molecule has 0 amide bonds. The largest absolute Gasteiger partial charge is 0.486 e. The molecule has 1 aromatic carbocycles. The summed E-state index contributed by atoms with van der Waals surface area (Å²) in [6.07, 6.45) is 7.51. The molecule has 5 rings (SSSR count). The topological polar surface area (TPSA) is 68.1 Å². The first-order chi connectivity index (χ1) is 16.0. The third kappa shape index (κ3) is 4.42. The van der Waals surface area contributed by atoms with E-state index in [0.29, 0.717) is 42.7 Å². The van der Waals surface area contributed by atoms with Crippen molar-refractivity contribution < 1.29 is 13.5 Å². The summed E-state index contributed by atoms with van der Waals surface area (Å²) in [5, 5.41) is 3.36. The van der Waals surface area contributed by atoms with E-state index in [1.165, 1.54) is 6.07 Å². The number of hydrogen-bond donors (Lipinski definition) is 1. The Morgan fingerprint density at radius 2 is 1.97 bits per heavy atom. The van der Waals surface area contributed by atoms with Crippen LogP contribution >= 0.6 is 0 Å². The number of fused-ring (bicyclic) bond motifs is 1. The van der Waals surface area contributed by atoms with Gasteiger partial charge >= 0.3 is 0 Å². The average molecular weight is 455 g/mol. The van der Waals surface area contributed by atoms with Crippen molar-refractivity contribution >= 4 is 5.69 Å². The number of rotatable bonds is 5. The zero-order chi connectivity index (χ0) is 22.9. The summed E-state index contributed by atoms with van der Waals surface area (Å²) in [6, 6.07) is 3.62. The highest BCUT2D eigenvalue weighted by Crippen LogP contribution is 2.39. The number of halogens is 2. The Labute approximate surface area is 191 Å². The maximum Gasteiger partial charge on any atom is 0.178 e. The van der Waals surface area contributed by atoms with E-state index in [0.717, 1.165) is 37.8 Å². The van der Waals surface area contributed by atoms with E-state index in [1.54, 1.807) is 6.07 Å². The molecule has 2 aliphatic rings. The molecular weight excluding hydrogens is 426 g/mol. The van der Waals surface area contributed by atoms with Crippen molar-refractivity contribution in [3.05, 3.63) is 54.0 Å². The number of anilines is 1. The van der Waals surface area contributed by atoms with Crippen LogP contribution in [0.3, 0.4) is 0 Å². The molecule has 3 aromatic rings. The predicted octanol–water partition coefficient (Wildman–Crippen LogP) is 3.74. The molecule has 0 saturated carbocycles. The van der Waals surface area contributed by atoms with Gasteiger partial charge in [0.15, 0.2) is 17.4 Å². The highest BCUT2D eigenvalue weighted by atomic mass is 19.1. The molecule has 7 nitrogen and oxygen atoms in total. The number of ether oxygens (including phenoxy) is 1. The number of benzene rings is 1. The second-order valence-electron chi connectivity index (χ2n) is 8.89. The standard InChI is InChI=1S/C24H28F2N6O/c1-15(2)32-7-8-33-24-19(25)9-16(10-21(24)32)23-20(26)12-28-22(30-23)11-17-13-31(14-29-17)18-3-5-27-6-4-18/h9-10,12-15,18,27H,3-8,11H2,1-2H3. The molecule has 33 heavy (non-hydrogen) atoms. The molecule has 0 radical (unpaired) electrons. The quantitative estimate of drug-likeness (QED) is 0.634. The van der Waals surface area contributed by atoms with Crippen LogP contribution in [0.4, 0.5) is 14.5 Å². The Morgan fingerprint density at radius 3 is 2.76 bits per heavy atom. The molecule has 0 spiro atoms. The van der Waals surface area contributed by atoms with Crippen LogP contribution in [-0.4, -0.2) is 51.8 Å². The van der Waals surface area contributed by atoms with Crippen LogP contribution in [0, 0.1) is 11.6 Å². The van der Waals surface area contributed by atoms with E-state index < -0.39 is 11.6 Å². The van der Waals surface area contributed by atoms with Crippen LogP contribution in [0.5, 0.6) is 5.75 Å². The minimum absolute atomic E-state index is 0.0776. The van der Waals surface area contributed by atoms with Crippen molar-refractivity contribution in [3.63, 3.8) is 0 Å². The van der Waals surface area contributed by atoms with Gasteiger partial charge in [0, 0.05) is 23.8 Å². The zero-order valence-electron chi connectivity index (χ0n) is 18.9. The number of hydrogen-bond acceptors (Lipinski definition) is 6. The fourth-order valence-corrected chi connectivity index (χ4v) is 4.60. The molecule has 1 N–H and O–H groups in total. The molecule has 0 atom stereocenters. The number of nitrogens with zero attached hydrogens (tertiary/aromatic N) is 5. The highest BCUT2D eigenvalue weighted by Gasteiger charge is 2.26. The second-order valence-corrected chi connectivity index (χ2v) is 8.89.